The van der Waals surface area contributed by atoms with E-state index in [-0.39, 0.29) is 15.8 Å². The quantitative estimate of drug-likeness (QED) is 0.664. The molecule has 0 radical (unpaired) electrons. The van der Waals surface area contributed by atoms with Gasteiger partial charge in [-0.05, 0) is 19.1 Å². The molecule has 0 saturated carbocycles. The minimum absolute atomic E-state index is 0.125. The van der Waals surface area contributed by atoms with Crippen LogP contribution in [0.3, 0.4) is 0 Å². The Morgan fingerprint density at radius 1 is 1.06 bits per heavy atom. The van der Waals surface area contributed by atoms with Crippen LogP contribution < -0.4 is 5.73 Å². The molecule has 92 valence electrons. The zero-order valence-corrected chi connectivity index (χ0v) is 11.2. The van der Waals surface area contributed by atoms with Gasteiger partial charge in [-0.3, -0.25) is 4.79 Å². The zero-order valence-electron chi connectivity index (χ0n) is 9.71. The molecule has 18 heavy (non-hydrogen) atoms. The molecule has 0 saturated heterocycles. The molecule has 0 aliphatic heterocycles. The van der Waals surface area contributed by atoms with Gasteiger partial charge in [0.15, 0.2) is 5.78 Å². The summed E-state index contributed by atoms with van der Waals surface area (Å²) in [6.07, 6.45) is 0. The number of hydrogen-bond acceptors (Lipinski definition) is 2. The van der Waals surface area contributed by atoms with Crippen LogP contribution in [0, 0.1) is 6.92 Å². The third-order valence-electron chi connectivity index (χ3n) is 2.63. The van der Waals surface area contributed by atoms with Crippen LogP contribution in [0.2, 0.25) is 10.0 Å². The molecule has 0 spiro atoms. The van der Waals surface area contributed by atoms with Crippen molar-refractivity contribution in [2.24, 2.45) is 0 Å². The summed E-state index contributed by atoms with van der Waals surface area (Å²) in [6.45, 7) is 1.96. The van der Waals surface area contributed by atoms with Crippen LogP contribution in [0.1, 0.15) is 21.5 Å². The summed E-state index contributed by atoms with van der Waals surface area (Å²) in [5, 5.41) is 0.559. The van der Waals surface area contributed by atoms with E-state index in [2.05, 4.69) is 0 Å². The van der Waals surface area contributed by atoms with Gasteiger partial charge in [-0.15, -0.1) is 0 Å². The number of nitrogen functional groups attached to an aromatic ring is 1. The highest BCUT2D eigenvalue weighted by atomic mass is 35.5. The van der Waals surface area contributed by atoms with Crippen molar-refractivity contribution in [2.45, 2.75) is 6.92 Å². The molecule has 0 unspecified atom stereocenters. The number of benzene rings is 2. The lowest BCUT2D eigenvalue weighted by Crippen LogP contribution is -2.02. The summed E-state index contributed by atoms with van der Waals surface area (Å²) >= 11 is 11.8. The first-order valence-electron chi connectivity index (χ1n) is 5.35. The maximum Gasteiger partial charge on any atom is 0.193 e. The fourth-order valence-corrected chi connectivity index (χ4v) is 1.95. The molecule has 0 aliphatic carbocycles. The molecule has 0 heterocycles. The Kier molecular flexibility index (Phi) is 3.60. The lowest BCUT2D eigenvalue weighted by atomic mass is 10.0. The van der Waals surface area contributed by atoms with Crippen LogP contribution in [0.15, 0.2) is 36.4 Å². The Labute approximate surface area is 115 Å². The van der Waals surface area contributed by atoms with Crippen molar-refractivity contribution >= 4 is 34.7 Å². The molecular weight excluding hydrogens is 269 g/mol. The number of carbonyl (C=O) groups is 1. The number of ketones is 1. The lowest BCUT2D eigenvalue weighted by Gasteiger charge is -2.06. The standard InChI is InChI=1S/C14H11Cl2NO/c1-8-2-4-9(5-3-8)14(18)10-6-11(15)13(16)12(17)7-10/h2-7H,17H2,1H3. The van der Waals surface area contributed by atoms with E-state index in [1.807, 2.05) is 19.1 Å². The highest BCUT2D eigenvalue weighted by Crippen LogP contribution is 2.30. The number of carbonyl (C=O) groups excluding carboxylic acids is 1. The molecule has 2 nitrogen and oxygen atoms in total. The molecule has 0 amide bonds. The molecule has 4 heteroatoms. The normalized spacial score (nSPS) is 10.4. The number of nitrogens with two attached hydrogens (primary N) is 1. The number of anilines is 1. The van der Waals surface area contributed by atoms with Gasteiger partial charge in [0.1, 0.15) is 0 Å². The Morgan fingerprint density at radius 2 is 1.67 bits per heavy atom. The van der Waals surface area contributed by atoms with E-state index >= 15 is 0 Å². The Hall–Kier alpha value is -1.51. The van der Waals surface area contributed by atoms with Gasteiger partial charge in [-0.1, -0.05) is 53.0 Å². The number of aryl methyl sites for hydroxylation is 1. The molecule has 0 fully saturated rings. The highest BCUT2D eigenvalue weighted by Gasteiger charge is 2.13. The molecule has 0 atom stereocenters. The molecule has 0 aliphatic rings. The summed E-state index contributed by atoms with van der Waals surface area (Å²) in [4.78, 5) is 12.2. The van der Waals surface area contributed by atoms with Crippen molar-refractivity contribution in [1.82, 2.24) is 0 Å². The molecule has 0 bridgehead atoms. The van der Waals surface area contributed by atoms with E-state index in [9.17, 15) is 4.79 Å². The van der Waals surface area contributed by atoms with Crippen molar-refractivity contribution in [3.8, 4) is 0 Å². The van der Waals surface area contributed by atoms with Gasteiger partial charge in [0.2, 0.25) is 0 Å². The van der Waals surface area contributed by atoms with Crippen molar-refractivity contribution < 1.29 is 4.79 Å². The monoisotopic (exact) mass is 279 g/mol. The van der Waals surface area contributed by atoms with Crippen molar-refractivity contribution in [2.75, 3.05) is 5.73 Å². The van der Waals surface area contributed by atoms with Crippen LogP contribution in [0.4, 0.5) is 5.69 Å². The molecule has 0 aromatic heterocycles. The molecular formula is C14H11Cl2NO. The van der Waals surface area contributed by atoms with E-state index in [0.717, 1.165) is 5.56 Å². The van der Waals surface area contributed by atoms with E-state index in [0.29, 0.717) is 16.8 Å². The van der Waals surface area contributed by atoms with Crippen LogP contribution in [-0.4, -0.2) is 5.78 Å². The predicted octanol–water partition coefficient (Wildman–Crippen LogP) is 4.12. The third-order valence-corrected chi connectivity index (χ3v) is 3.45. The molecule has 2 aromatic rings. The Morgan fingerprint density at radius 3 is 2.22 bits per heavy atom. The van der Waals surface area contributed by atoms with Crippen molar-refractivity contribution in [3.63, 3.8) is 0 Å². The average molecular weight is 280 g/mol. The largest absolute Gasteiger partial charge is 0.397 e. The number of halogens is 2. The fraction of sp³-hybridized carbons (Fsp3) is 0.0714. The smallest absolute Gasteiger partial charge is 0.193 e. The van der Waals surface area contributed by atoms with Crippen molar-refractivity contribution in [3.05, 3.63) is 63.1 Å². The van der Waals surface area contributed by atoms with Gasteiger partial charge in [0, 0.05) is 11.1 Å². The SMILES string of the molecule is Cc1ccc(C(=O)c2cc(N)c(Cl)c(Cl)c2)cc1. The number of rotatable bonds is 2. The minimum atomic E-state index is -0.125. The van der Waals surface area contributed by atoms with Gasteiger partial charge < -0.3 is 5.73 Å². The summed E-state index contributed by atoms with van der Waals surface area (Å²) in [5.41, 5.74) is 8.13. The second-order valence-corrected chi connectivity index (χ2v) is 4.84. The van der Waals surface area contributed by atoms with E-state index in [1.54, 1.807) is 12.1 Å². The van der Waals surface area contributed by atoms with Crippen LogP contribution in [-0.2, 0) is 0 Å². The molecule has 2 N–H and O–H groups in total. The second kappa shape index (κ2) is 5.01. The minimum Gasteiger partial charge on any atom is -0.397 e. The summed E-state index contributed by atoms with van der Waals surface area (Å²) in [6, 6.07) is 10.4. The van der Waals surface area contributed by atoms with Gasteiger partial charge in [-0.25, -0.2) is 0 Å². The van der Waals surface area contributed by atoms with Gasteiger partial charge in [0.05, 0.1) is 15.7 Å². The average Bonchev–Trinajstić information content (AvgIpc) is 2.35. The predicted molar refractivity (Wildman–Crippen MR) is 75.5 cm³/mol. The summed E-state index contributed by atoms with van der Waals surface area (Å²) in [5.74, 6) is -0.125. The van der Waals surface area contributed by atoms with Gasteiger partial charge in [0.25, 0.3) is 0 Å². The Balaban J connectivity index is 2.43. The molecule has 2 rings (SSSR count). The van der Waals surface area contributed by atoms with E-state index in [4.69, 9.17) is 28.9 Å². The summed E-state index contributed by atoms with van der Waals surface area (Å²) in [7, 11) is 0. The van der Waals surface area contributed by atoms with Crippen LogP contribution in [0.25, 0.3) is 0 Å². The maximum atomic E-state index is 12.2. The van der Waals surface area contributed by atoms with E-state index < -0.39 is 0 Å². The second-order valence-electron chi connectivity index (χ2n) is 4.06. The van der Waals surface area contributed by atoms with Crippen LogP contribution in [0.5, 0.6) is 0 Å². The topological polar surface area (TPSA) is 43.1 Å². The fourth-order valence-electron chi connectivity index (χ4n) is 1.61. The lowest BCUT2D eigenvalue weighted by molar-refractivity contribution is 0.103. The van der Waals surface area contributed by atoms with Crippen LogP contribution >= 0.6 is 23.2 Å². The van der Waals surface area contributed by atoms with E-state index in [1.165, 1.54) is 12.1 Å². The zero-order chi connectivity index (χ0) is 13.3. The van der Waals surface area contributed by atoms with Gasteiger partial charge >= 0.3 is 0 Å². The first-order valence-corrected chi connectivity index (χ1v) is 6.10. The first kappa shape index (κ1) is 12.9. The van der Waals surface area contributed by atoms with Crippen molar-refractivity contribution in [1.29, 1.82) is 0 Å². The third kappa shape index (κ3) is 2.50. The van der Waals surface area contributed by atoms with Gasteiger partial charge in [-0.2, -0.15) is 0 Å². The first-order chi connectivity index (χ1) is 8.49. The molecule has 2 aromatic carbocycles. The maximum absolute atomic E-state index is 12.2. The Bertz CT molecular complexity index is 583. The summed E-state index contributed by atoms with van der Waals surface area (Å²) < 4.78 is 0. The number of hydrogen-bond donors (Lipinski definition) is 1. The highest BCUT2D eigenvalue weighted by molar-refractivity contribution is 6.44.